The van der Waals surface area contributed by atoms with Crippen LogP contribution >= 0.6 is 0 Å². The van der Waals surface area contributed by atoms with Crippen LogP contribution in [-0.4, -0.2) is 19.3 Å². The molecule has 0 aliphatic heterocycles. The maximum absolute atomic E-state index is 12.5. The topological polar surface area (TPSA) is 101 Å². The molecule has 0 bridgehead atoms. The van der Waals surface area contributed by atoms with Gasteiger partial charge in [-0.25, -0.2) is 0 Å². The van der Waals surface area contributed by atoms with Gasteiger partial charge in [0.05, 0.1) is 14.2 Å². The number of nitrogens with zero attached hydrogens (tertiary/aromatic N) is 1. The molecule has 128 valence electrons. The van der Waals surface area contributed by atoms with Crippen LogP contribution in [0, 0.1) is 10.1 Å². The Kier molecular flexibility index (Phi) is 4.25. The third-order valence-electron chi connectivity index (χ3n) is 3.54. The summed E-state index contributed by atoms with van der Waals surface area (Å²) in [6, 6.07) is 10.5. The lowest BCUT2D eigenvalue weighted by Crippen LogP contribution is -2.04. The highest BCUT2D eigenvalue weighted by atomic mass is 17.0. The minimum atomic E-state index is -0.899. The van der Waals surface area contributed by atoms with Gasteiger partial charge in [0, 0.05) is 23.8 Å². The molecular weight excluding hydrogens is 330 g/mol. The Morgan fingerprint density at radius 3 is 2.32 bits per heavy atom. The first-order valence-corrected chi connectivity index (χ1v) is 7.14. The van der Waals surface area contributed by atoms with Crippen molar-refractivity contribution in [1.82, 2.24) is 0 Å². The molecule has 0 aliphatic rings. The van der Waals surface area contributed by atoms with Crippen molar-refractivity contribution < 1.29 is 23.8 Å². The maximum Gasteiger partial charge on any atom is 0.299 e. The van der Waals surface area contributed by atoms with Crippen LogP contribution in [0.4, 0.5) is 0 Å². The van der Waals surface area contributed by atoms with E-state index in [0.29, 0.717) is 33.8 Å². The fourth-order valence-corrected chi connectivity index (χ4v) is 2.42. The lowest BCUT2D eigenvalue weighted by Gasteiger charge is -2.09. The number of rotatable bonds is 5. The molecule has 0 fully saturated rings. The average molecular weight is 343 g/mol. The summed E-state index contributed by atoms with van der Waals surface area (Å²) in [6.45, 7) is 0. The Morgan fingerprint density at radius 1 is 1.00 bits per heavy atom. The molecule has 0 N–H and O–H groups in total. The molecule has 8 nitrogen and oxygen atoms in total. The van der Waals surface area contributed by atoms with Crippen LogP contribution in [0.15, 0.2) is 51.7 Å². The van der Waals surface area contributed by atoms with Gasteiger partial charge in [0.15, 0.2) is 5.43 Å². The predicted octanol–water partition coefficient (Wildman–Crippen LogP) is 3.05. The molecule has 0 aliphatic carbocycles. The summed E-state index contributed by atoms with van der Waals surface area (Å²) in [5.41, 5.74) is 0.599. The fraction of sp³-hybridized carbons (Fsp3) is 0.118. The fourth-order valence-electron chi connectivity index (χ4n) is 2.42. The van der Waals surface area contributed by atoms with E-state index in [-0.39, 0.29) is 11.2 Å². The standard InChI is InChI=1S/C17H13NO7/c1-22-12-7-15(23-2)17-13(19)9-14(24-16(17)8-12)10-3-5-11(6-4-10)25-18(20)21/h3-9H,1-2H3. The van der Waals surface area contributed by atoms with E-state index in [1.54, 1.807) is 24.3 Å². The molecule has 3 rings (SSSR count). The van der Waals surface area contributed by atoms with Crippen molar-refractivity contribution in [3.05, 3.63) is 62.8 Å². The van der Waals surface area contributed by atoms with Crippen LogP contribution in [0.3, 0.4) is 0 Å². The lowest BCUT2D eigenvalue weighted by atomic mass is 10.1. The van der Waals surface area contributed by atoms with E-state index >= 15 is 0 Å². The van der Waals surface area contributed by atoms with Crippen LogP contribution in [-0.2, 0) is 0 Å². The smallest absolute Gasteiger partial charge is 0.299 e. The number of hydrogen-bond donors (Lipinski definition) is 0. The zero-order chi connectivity index (χ0) is 18.0. The highest BCUT2D eigenvalue weighted by Crippen LogP contribution is 2.32. The second kappa shape index (κ2) is 6.52. The van der Waals surface area contributed by atoms with Crippen LogP contribution in [0.25, 0.3) is 22.3 Å². The molecule has 8 heteroatoms. The summed E-state index contributed by atoms with van der Waals surface area (Å²) in [5.74, 6) is 1.21. The van der Waals surface area contributed by atoms with Crippen LogP contribution in [0.1, 0.15) is 0 Å². The van der Waals surface area contributed by atoms with E-state index in [4.69, 9.17) is 13.9 Å². The number of benzene rings is 2. The van der Waals surface area contributed by atoms with Gasteiger partial charge in [0.1, 0.15) is 34.0 Å². The van der Waals surface area contributed by atoms with Crippen LogP contribution < -0.4 is 19.7 Å². The summed E-state index contributed by atoms with van der Waals surface area (Å²) >= 11 is 0. The SMILES string of the molecule is COc1cc(OC)c2c(=O)cc(-c3ccc(O[N+](=O)[O-])cc3)oc2c1. The molecule has 0 atom stereocenters. The van der Waals surface area contributed by atoms with Gasteiger partial charge in [-0.2, -0.15) is 0 Å². The normalized spacial score (nSPS) is 10.5. The molecule has 0 saturated heterocycles. The van der Waals surface area contributed by atoms with E-state index < -0.39 is 5.09 Å². The number of methoxy groups -OCH3 is 2. The maximum atomic E-state index is 12.5. The Morgan fingerprint density at radius 2 is 1.72 bits per heavy atom. The van der Waals surface area contributed by atoms with Crippen molar-refractivity contribution in [3.8, 4) is 28.6 Å². The molecule has 0 saturated carbocycles. The second-order valence-electron chi connectivity index (χ2n) is 5.02. The van der Waals surface area contributed by atoms with Crippen LogP contribution in [0.5, 0.6) is 17.2 Å². The van der Waals surface area contributed by atoms with E-state index in [2.05, 4.69) is 4.84 Å². The monoisotopic (exact) mass is 343 g/mol. The van der Waals surface area contributed by atoms with E-state index in [1.165, 1.54) is 32.4 Å². The summed E-state index contributed by atoms with van der Waals surface area (Å²) in [6.07, 6.45) is 0. The molecule has 0 unspecified atom stereocenters. The number of fused-ring (bicyclic) bond motifs is 1. The van der Waals surface area contributed by atoms with Gasteiger partial charge in [-0.3, -0.25) is 9.63 Å². The zero-order valence-corrected chi connectivity index (χ0v) is 13.3. The number of hydrogen-bond acceptors (Lipinski definition) is 7. The second-order valence-corrected chi connectivity index (χ2v) is 5.02. The van der Waals surface area contributed by atoms with Crippen molar-refractivity contribution in [2.45, 2.75) is 0 Å². The van der Waals surface area contributed by atoms with Gasteiger partial charge in [-0.1, -0.05) is 0 Å². The van der Waals surface area contributed by atoms with Crippen molar-refractivity contribution in [2.75, 3.05) is 14.2 Å². The van der Waals surface area contributed by atoms with Crippen LogP contribution in [0.2, 0.25) is 0 Å². The van der Waals surface area contributed by atoms with E-state index in [0.717, 1.165) is 0 Å². The predicted molar refractivity (Wildman–Crippen MR) is 88.6 cm³/mol. The van der Waals surface area contributed by atoms with Crippen molar-refractivity contribution in [2.24, 2.45) is 0 Å². The third kappa shape index (κ3) is 3.23. The van der Waals surface area contributed by atoms with Gasteiger partial charge >= 0.3 is 0 Å². The summed E-state index contributed by atoms with van der Waals surface area (Å²) in [7, 11) is 2.95. The molecule has 0 spiro atoms. The first-order chi connectivity index (χ1) is 12.0. The highest BCUT2D eigenvalue weighted by molar-refractivity contribution is 5.86. The molecule has 1 aromatic heterocycles. The number of ether oxygens (including phenoxy) is 2. The molecule has 2 aromatic carbocycles. The Bertz CT molecular complexity index is 992. The zero-order valence-electron chi connectivity index (χ0n) is 13.3. The summed E-state index contributed by atoms with van der Waals surface area (Å²) in [4.78, 5) is 27.2. The van der Waals surface area contributed by atoms with Gasteiger partial charge in [0.2, 0.25) is 0 Å². The quantitative estimate of drug-likeness (QED) is 0.518. The largest absolute Gasteiger partial charge is 0.496 e. The molecular formula is C17H13NO7. The third-order valence-corrected chi connectivity index (χ3v) is 3.54. The summed E-state index contributed by atoms with van der Waals surface area (Å²) < 4.78 is 16.2. The first kappa shape index (κ1) is 16.3. The minimum absolute atomic E-state index is 0.0697. The van der Waals surface area contributed by atoms with E-state index in [1.807, 2.05) is 0 Å². The molecule has 1 heterocycles. The molecule has 0 radical (unpaired) electrons. The Hall–Kier alpha value is -3.55. The molecule has 25 heavy (non-hydrogen) atoms. The van der Waals surface area contributed by atoms with Gasteiger partial charge in [0.25, 0.3) is 5.09 Å². The van der Waals surface area contributed by atoms with Gasteiger partial charge in [-0.05, 0) is 24.3 Å². The van der Waals surface area contributed by atoms with Crippen molar-refractivity contribution in [3.63, 3.8) is 0 Å². The van der Waals surface area contributed by atoms with Crippen molar-refractivity contribution in [1.29, 1.82) is 0 Å². The van der Waals surface area contributed by atoms with Gasteiger partial charge < -0.3 is 13.9 Å². The first-order valence-electron chi connectivity index (χ1n) is 7.14. The Labute approximate surface area is 141 Å². The highest BCUT2D eigenvalue weighted by Gasteiger charge is 2.14. The molecule has 0 amide bonds. The average Bonchev–Trinajstić information content (AvgIpc) is 2.60. The molecule has 3 aromatic rings. The van der Waals surface area contributed by atoms with Crippen molar-refractivity contribution >= 4 is 11.0 Å². The lowest BCUT2D eigenvalue weighted by molar-refractivity contribution is -0.711. The Balaban J connectivity index is 2.11. The van der Waals surface area contributed by atoms with Gasteiger partial charge in [-0.15, -0.1) is 10.1 Å². The van der Waals surface area contributed by atoms with E-state index in [9.17, 15) is 14.9 Å². The summed E-state index contributed by atoms with van der Waals surface area (Å²) in [5, 5.41) is 9.74. The minimum Gasteiger partial charge on any atom is -0.496 e.